The summed E-state index contributed by atoms with van der Waals surface area (Å²) in [6.07, 6.45) is 1.54. The van der Waals surface area contributed by atoms with Gasteiger partial charge in [-0.2, -0.15) is 0 Å². The number of hydrogen-bond donors (Lipinski definition) is 0. The highest BCUT2D eigenvalue weighted by atomic mass is 79.9. The first-order valence-electron chi connectivity index (χ1n) is 4.00. The van der Waals surface area contributed by atoms with E-state index in [2.05, 4.69) is 38.4 Å². The lowest BCUT2D eigenvalue weighted by atomic mass is 10.2. The SMILES string of the molecule is C=CCOc1c(Br)cc(Br)cc1C(=O)[O-]. The van der Waals surface area contributed by atoms with Crippen molar-refractivity contribution in [3.05, 3.63) is 39.3 Å². The van der Waals surface area contributed by atoms with E-state index >= 15 is 0 Å². The summed E-state index contributed by atoms with van der Waals surface area (Å²) in [5.41, 5.74) is -0.00176. The van der Waals surface area contributed by atoms with Gasteiger partial charge >= 0.3 is 0 Å². The monoisotopic (exact) mass is 333 g/mol. The third-order valence-corrected chi connectivity index (χ3v) is 2.62. The second-order valence-corrected chi connectivity index (χ2v) is 4.42. The van der Waals surface area contributed by atoms with E-state index < -0.39 is 5.97 Å². The average Bonchev–Trinajstić information content (AvgIpc) is 2.15. The van der Waals surface area contributed by atoms with Crippen LogP contribution in [0.25, 0.3) is 0 Å². The molecule has 0 N–H and O–H groups in total. The highest BCUT2D eigenvalue weighted by Crippen LogP contribution is 2.32. The van der Waals surface area contributed by atoms with Crippen molar-refractivity contribution in [3.8, 4) is 5.75 Å². The zero-order valence-corrected chi connectivity index (χ0v) is 10.8. The normalized spacial score (nSPS) is 9.73. The van der Waals surface area contributed by atoms with Crippen LogP contribution in [0.2, 0.25) is 0 Å². The Morgan fingerprint density at radius 2 is 2.20 bits per heavy atom. The van der Waals surface area contributed by atoms with E-state index in [1.165, 1.54) is 12.1 Å². The minimum atomic E-state index is -1.28. The van der Waals surface area contributed by atoms with Gasteiger partial charge in [-0.3, -0.25) is 0 Å². The zero-order chi connectivity index (χ0) is 11.4. The summed E-state index contributed by atoms with van der Waals surface area (Å²) in [6, 6.07) is 3.13. The second kappa shape index (κ2) is 5.32. The highest BCUT2D eigenvalue weighted by Gasteiger charge is 2.10. The van der Waals surface area contributed by atoms with Crippen molar-refractivity contribution in [3.63, 3.8) is 0 Å². The van der Waals surface area contributed by atoms with E-state index in [-0.39, 0.29) is 17.9 Å². The van der Waals surface area contributed by atoms with E-state index in [1.54, 1.807) is 6.07 Å². The van der Waals surface area contributed by atoms with Crippen molar-refractivity contribution in [1.82, 2.24) is 0 Å². The van der Waals surface area contributed by atoms with Gasteiger partial charge in [0.2, 0.25) is 0 Å². The molecular formula is C10H7Br2O3-. The molecule has 0 aliphatic heterocycles. The number of carboxylic acid groups (broad SMARTS) is 1. The standard InChI is InChI=1S/C10H8Br2O3/c1-2-3-15-9-7(10(13)14)4-6(11)5-8(9)12/h2,4-5H,1,3H2,(H,13,14)/p-1. The molecule has 0 amide bonds. The van der Waals surface area contributed by atoms with Crippen LogP contribution in [0.1, 0.15) is 10.4 Å². The number of halogens is 2. The molecule has 0 spiro atoms. The molecule has 0 fully saturated rings. The molecule has 5 heteroatoms. The van der Waals surface area contributed by atoms with Crippen molar-refractivity contribution in [2.24, 2.45) is 0 Å². The predicted molar refractivity (Wildman–Crippen MR) is 61.9 cm³/mol. The minimum absolute atomic E-state index is 0.00176. The Balaban J connectivity index is 3.20. The molecular weight excluding hydrogens is 328 g/mol. The predicted octanol–water partition coefficient (Wildman–Crippen LogP) is 2.14. The molecule has 1 aromatic rings. The molecule has 15 heavy (non-hydrogen) atoms. The average molecular weight is 335 g/mol. The first-order chi connectivity index (χ1) is 7.06. The van der Waals surface area contributed by atoms with Gasteiger partial charge in [0.25, 0.3) is 0 Å². The Morgan fingerprint density at radius 1 is 1.53 bits per heavy atom. The summed E-state index contributed by atoms with van der Waals surface area (Å²) < 4.78 is 6.42. The first-order valence-corrected chi connectivity index (χ1v) is 5.59. The maximum absolute atomic E-state index is 10.8. The molecule has 1 rings (SSSR count). The van der Waals surface area contributed by atoms with Crippen LogP contribution in [0.4, 0.5) is 0 Å². The van der Waals surface area contributed by atoms with Gasteiger partial charge in [0.15, 0.2) is 0 Å². The molecule has 0 bridgehead atoms. The lowest BCUT2D eigenvalue weighted by Gasteiger charge is -2.13. The topological polar surface area (TPSA) is 49.4 Å². The fourth-order valence-corrected chi connectivity index (χ4v) is 2.34. The van der Waals surface area contributed by atoms with Crippen LogP contribution in [-0.2, 0) is 0 Å². The number of ether oxygens (including phenoxy) is 1. The summed E-state index contributed by atoms with van der Waals surface area (Å²) in [5.74, 6) is -1.03. The van der Waals surface area contributed by atoms with Crippen LogP contribution in [0.5, 0.6) is 5.75 Å². The van der Waals surface area contributed by atoms with Gasteiger partial charge in [0, 0.05) is 10.0 Å². The Labute approximate surface area is 104 Å². The molecule has 3 nitrogen and oxygen atoms in total. The van der Waals surface area contributed by atoms with Gasteiger partial charge in [-0.1, -0.05) is 28.6 Å². The summed E-state index contributed by atoms with van der Waals surface area (Å²) in [7, 11) is 0. The van der Waals surface area contributed by atoms with Crippen LogP contribution in [0, 0.1) is 0 Å². The van der Waals surface area contributed by atoms with E-state index in [0.29, 0.717) is 8.95 Å². The number of benzene rings is 1. The molecule has 0 aliphatic carbocycles. The molecule has 0 radical (unpaired) electrons. The van der Waals surface area contributed by atoms with Crippen molar-refractivity contribution >= 4 is 37.8 Å². The van der Waals surface area contributed by atoms with Crippen LogP contribution in [-0.4, -0.2) is 12.6 Å². The van der Waals surface area contributed by atoms with Gasteiger partial charge in [0.1, 0.15) is 12.4 Å². The third kappa shape index (κ3) is 3.07. The van der Waals surface area contributed by atoms with Crippen LogP contribution in [0.3, 0.4) is 0 Å². The fraction of sp³-hybridized carbons (Fsp3) is 0.100. The number of carboxylic acids is 1. The smallest absolute Gasteiger partial charge is 0.143 e. The lowest BCUT2D eigenvalue weighted by Crippen LogP contribution is -2.23. The molecule has 0 aliphatic rings. The summed E-state index contributed by atoms with van der Waals surface area (Å²) in [5, 5.41) is 10.8. The molecule has 0 saturated heterocycles. The largest absolute Gasteiger partial charge is 0.545 e. The molecule has 0 atom stereocenters. The molecule has 1 aromatic carbocycles. The Kier molecular flexibility index (Phi) is 4.35. The maximum Gasteiger partial charge on any atom is 0.143 e. The van der Waals surface area contributed by atoms with Crippen LogP contribution < -0.4 is 9.84 Å². The van der Waals surface area contributed by atoms with Crippen molar-refractivity contribution in [2.45, 2.75) is 0 Å². The van der Waals surface area contributed by atoms with Crippen molar-refractivity contribution < 1.29 is 14.6 Å². The molecule has 0 aromatic heterocycles. The Bertz CT molecular complexity index is 402. The Hall–Kier alpha value is -0.810. The summed E-state index contributed by atoms with van der Waals surface area (Å²) in [6.45, 7) is 3.72. The number of carbonyl (C=O) groups is 1. The Morgan fingerprint density at radius 3 is 2.73 bits per heavy atom. The van der Waals surface area contributed by atoms with Gasteiger partial charge in [0.05, 0.1) is 10.4 Å². The number of rotatable bonds is 4. The van der Waals surface area contributed by atoms with E-state index in [4.69, 9.17) is 4.74 Å². The number of carbonyl (C=O) groups excluding carboxylic acids is 1. The lowest BCUT2D eigenvalue weighted by molar-refractivity contribution is -0.255. The summed E-state index contributed by atoms with van der Waals surface area (Å²) >= 11 is 6.40. The number of aromatic carboxylic acids is 1. The van der Waals surface area contributed by atoms with Gasteiger partial charge in [-0.05, 0) is 28.1 Å². The number of hydrogen-bond acceptors (Lipinski definition) is 3. The van der Waals surface area contributed by atoms with E-state index in [0.717, 1.165) is 0 Å². The fourth-order valence-electron chi connectivity index (χ4n) is 1.00. The van der Waals surface area contributed by atoms with Crippen LogP contribution >= 0.6 is 31.9 Å². The molecule has 0 saturated carbocycles. The molecule has 0 unspecified atom stereocenters. The van der Waals surface area contributed by atoms with Crippen molar-refractivity contribution in [1.29, 1.82) is 0 Å². The second-order valence-electron chi connectivity index (χ2n) is 2.65. The van der Waals surface area contributed by atoms with Gasteiger partial charge in [-0.15, -0.1) is 0 Å². The van der Waals surface area contributed by atoms with Crippen molar-refractivity contribution in [2.75, 3.05) is 6.61 Å². The third-order valence-electron chi connectivity index (χ3n) is 1.57. The zero-order valence-electron chi connectivity index (χ0n) is 7.63. The van der Waals surface area contributed by atoms with E-state index in [9.17, 15) is 9.90 Å². The van der Waals surface area contributed by atoms with E-state index in [1.807, 2.05) is 0 Å². The first kappa shape index (κ1) is 12.3. The quantitative estimate of drug-likeness (QED) is 0.793. The van der Waals surface area contributed by atoms with Gasteiger partial charge < -0.3 is 14.6 Å². The van der Waals surface area contributed by atoms with Crippen LogP contribution in [0.15, 0.2) is 33.7 Å². The maximum atomic E-state index is 10.8. The minimum Gasteiger partial charge on any atom is -0.545 e. The molecule has 80 valence electrons. The molecule has 0 heterocycles. The highest BCUT2D eigenvalue weighted by molar-refractivity contribution is 9.11. The van der Waals surface area contributed by atoms with Gasteiger partial charge in [-0.25, -0.2) is 0 Å². The summed E-state index contributed by atoms with van der Waals surface area (Å²) in [4.78, 5) is 10.8.